The molecule has 2 aliphatic carbocycles. The van der Waals surface area contributed by atoms with E-state index >= 15 is 0 Å². The van der Waals surface area contributed by atoms with Gasteiger partial charge in [0.15, 0.2) is 0 Å². The molecule has 0 atom stereocenters. The van der Waals surface area contributed by atoms with Crippen molar-refractivity contribution in [3.63, 3.8) is 0 Å². The van der Waals surface area contributed by atoms with Crippen LogP contribution in [0.4, 0.5) is 0 Å². The van der Waals surface area contributed by atoms with Crippen molar-refractivity contribution in [3.8, 4) is 0 Å². The second-order valence-electron chi connectivity index (χ2n) is 6.87. The van der Waals surface area contributed by atoms with Crippen LogP contribution < -0.4 is 0 Å². The van der Waals surface area contributed by atoms with E-state index in [0.29, 0.717) is 0 Å². The van der Waals surface area contributed by atoms with Crippen molar-refractivity contribution in [3.05, 3.63) is 42.5 Å². The number of unbranched alkanes of at least 4 members (excludes halogenated alkanes) is 5. The van der Waals surface area contributed by atoms with E-state index in [-0.39, 0.29) is 5.43 Å². The summed E-state index contributed by atoms with van der Waals surface area (Å²) in [6, 6.07) is 0. The van der Waals surface area contributed by atoms with Gasteiger partial charge < -0.3 is 0 Å². The third kappa shape index (κ3) is 5.60. The SMILES string of the molecule is CCCCCCCCC1=CC[C]([Zr]([C]2=CC=CC2)=[Si](C)C)=C1. The molecule has 0 aromatic carbocycles. The van der Waals surface area contributed by atoms with Crippen LogP contribution in [-0.2, 0) is 20.4 Å². The van der Waals surface area contributed by atoms with Crippen LogP contribution in [0.3, 0.4) is 0 Å². The van der Waals surface area contributed by atoms with E-state index in [9.17, 15) is 0 Å². The maximum atomic E-state index is 2.64. The van der Waals surface area contributed by atoms with Crippen molar-refractivity contribution >= 4 is 5.43 Å². The van der Waals surface area contributed by atoms with E-state index in [1.54, 1.807) is 5.57 Å². The molecule has 0 heterocycles. The van der Waals surface area contributed by atoms with E-state index < -0.39 is 20.4 Å². The molecule has 2 heteroatoms. The van der Waals surface area contributed by atoms with Crippen LogP contribution in [-0.4, -0.2) is 5.43 Å². The van der Waals surface area contributed by atoms with Gasteiger partial charge in [-0.2, -0.15) is 0 Å². The average molecular weight is 392 g/mol. The Bertz CT molecular complexity index is 528. The van der Waals surface area contributed by atoms with Crippen LogP contribution in [0.2, 0.25) is 13.1 Å². The molecule has 0 saturated heterocycles. The summed E-state index contributed by atoms with van der Waals surface area (Å²) in [7, 11) is 0. The number of rotatable bonds is 9. The van der Waals surface area contributed by atoms with Gasteiger partial charge in [0.05, 0.1) is 0 Å². The molecule has 0 saturated carbocycles. The molecule has 2 rings (SSSR count). The van der Waals surface area contributed by atoms with Crippen molar-refractivity contribution < 1.29 is 20.4 Å². The molecule has 0 N–H and O–H groups in total. The molecule has 0 radical (unpaired) electrons. The Balaban J connectivity index is 1.83. The van der Waals surface area contributed by atoms with E-state index in [2.05, 4.69) is 50.4 Å². The second kappa shape index (κ2) is 10.0. The van der Waals surface area contributed by atoms with Crippen molar-refractivity contribution in [2.75, 3.05) is 0 Å². The summed E-state index contributed by atoms with van der Waals surface area (Å²) in [6.45, 7) is 7.42. The molecule has 0 nitrogen and oxygen atoms in total. The van der Waals surface area contributed by atoms with E-state index in [1.807, 2.05) is 6.56 Å². The Morgan fingerprint density at radius 2 is 1.77 bits per heavy atom. The quantitative estimate of drug-likeness (QED) is 0.304. The summed E-state index contributed by atoms with van der Waals surface area (Å²) >= 11 is -1.45. The number of hydrogen-bond acceptors (Lipinski definition) is 0. The van der Waals surface area contributed by atoms with Crippen LogP contribution in [0.15, 0.2) is 42.5 Å². The molecule has 0 aromatic heterocycles. The first-order valence-electron chi connectivity index (χ1n) is 9.16. The molecule has 0 bridgehead atoms. The third-order valence-corrected chi connectivity index (χ3v) is 21.8. The minimum atomic E-state index is -1.45. The van der Waals surface area contributed by atoms with Gasteiger partial charge in [0.2, 0.25) is 0 Å². The molecule has 0 spiro atoms. The van der Waals surface area contributed by atoms with Crippen LogP contribution in [0.1, 0.15) is 64.7 Å². The Morgan fingerprint density at radius 1 is 1.00 bits per heavy atom. The molecule has 0 unspecified atom stereocenters. The summed E-state index contributed by atoms with van der Waals surface area (Å²) in [5.41, 5.74) is 1.56. The topological polar surface area (TPSA) is 0 Å². The van der Waals surface area contributed by atoms with E-state index in [4.69, 9.17) is 0 Å². The van der Waals surface area contributed by atoms with Crippen molar-refractivity contribution in [1.82, 2.24) is 0 Å². The zero-order chi connectivity index (χ0) is 15.8. The van der Waals surface area contributed by atoms with Gasteiger partial charge in [-0.3, -0.25) is 0 Å². The van der Waals surface area contributed by atoms with Gasteiger partial charge in [-0.25, -0.2) is 0 Å². The summed E-state index contributed by atoms with van der Waals surface area (Å²) < 4.78 is 3.76. The van der Waals surface area contributed by atoms with Gasteiger partial charge in [0, 0.05) is 0 Å². The molecule has 0 amide bonds. The van der Waals surface area contributed by atoms with Crippen molar-refractivity contribution in [2.45, 2.75) is 77.8 Å². The molecule has 120 valence electrons. The molecule has 2 aliphatic rings. The Labute approximate surface area is 145 Å². The average Bonchev–Trinajstić information content (AvgIpc) is 3.15. The molecule has 0 aliphatic heterocycles. The molecule has 0 aromatic rings. The van der Waals surface area contributed by atoms with Crippen LogP contribution in [0, 0.1) is 0 Å². The minimum absolute atomic E-state index is 0.110. The van der Waals surface area contributed by atoms with E-state index in [0.717, 1.165) is 0 Å². The first kappa shape index (κ1) is 18.4. The zero-order valence-electron chi connectivity index (χ0n) is 14.8. The standard InChI is InChI=1S/C13H21.C5H5.C2H6Si.Zr/c1-2-3-4-5-6-7-10-13-11-8-9-12-13;1-2-4-5-3-1;1-3-2;/h11-12H,2-8,10H2,1H3;1-3H,4H2;1-2H3;. The van der Waals surface area contributed by atoms with Gasteiger partial charge in [-0.15, -0.1) is 0 Å². The predicted molar refractivity (Wildman–Crippen MR) is 98.1 cm³/mol. The maximum absolute atomic E-state index is 2.64. The summed E-state index contributed by atoms with van der Waals surface area (Å²) in [4.78, 5) is 0. The Hall–Kier alpha value is 0.0600. The van der Waals surface area contributed by atoms with Gasteiger partial charge in [-0.1, -0.05) is 0 Å². The molecular weight excluding hydrogens is 360 g/mol. The van der Waals surface area contributed by atoms with Crippen molar-refractivity contribution in [1.29, 1.82) is 0 Å². The van der Waals surface area contributed by atoms with Crippen LogP contribution >= 0.6 is 0 Å². The monoisotopic (exact) mass is 390 g/mol. The fraction of sp³-hybridized carbons (Fsp3) is 0.600. The number of allylic oxidation sites excluding steroid dienone is 8. The first-order chi connectivity index (χ1) is 10.7. The normalized spacial score (nSPS) is 16.6. The molecule has 0 fully saturated rings. The molecule has 22 heavy (non-hydrogen) atoms. The van der Waals surface area contributed by atoms with Crippen LogP contribution in [0.25, 0.3) is 0 Å². The summed E-state index contributed by atoms with van der Waals surface area (Å²) in [6.07, 6.45) is 24.7. The fourth-order valence-electron chi connectivity index (χ4n) is 3.52. The van der Waals surface area contributed by atoms with Gasteiger partial charge >= 0.3 is 146 Å². The second-order valence-corrected chi connectivity index (χ2v) is 24.2. The van der Waals surface area contributed by atoms with Crippen LogP contribution in [0.5, 0.6) is 0 Å². The Kier molecular flexibility index (Phi) is 8.39. The fourth-order valence-corrected chi connectivity index (χ4v) is 20.4. The number of hydrogen-bond donors (Lipinski definition) is 0. The van der Waals surface area contributed by atoms with Crippen molar-refractivity contribution in [2.24, 2.45) is 0 Å². The molecular formula is C20H32SiZr. The Morgan fingerprint density at radius 3 is 2.45 bits per heavy atom. The predicted octanol–water partition coefficient (Wildman–Crippen LogP) is 6.66. The first-order valence-corrected chi connectivity index (χ1v) is 17.8. The van der Waals surface area contributed by atoms with E-state index in [1.165, 1.54) is 57.8 Å². The van der Waals surface area contributed by atoms with Gasteiger partial charge in [0.25, 0.3) is 0 Å². The summed E-state index contributed by atoms with van der Waals surface area (Å²) in [5.74, 6) is 0. The third-order valence-electron chi connectivity index (χ3n) is 4.68. The zero-order valence-corrected chi connectivity index (χ0v) is 18.2. The summed E-state index contributed by atoms with van der Waals surface area (Å²) in [5, 5.41) is 0. The van der Waals surface area contributed by atoms with Gasteiger partial charge in [-0.05, 0) is 0 Å². The van der Waals surface area contributed by atoms with Gasteiger partial charge in [0.1, 0.15) is 0 Å².